The van der Waals surface area contributed by atoms with Crippen LogP contribution in [0.4, 0.5) is 0 Å². The summed E-state index contributed by atoms with van der Waals surface area (Å²) in [5, 5.41) is 2.08. The lowest BCUT2D eigenvalue weighted by Gasteiger charge is -2.55. The number of benzene rings is 1. The second-order valence-corrected chi connectivity index (χ2v) is 8.92. The monoisotopic (exact) mass is 351 g/mol. The predicted octanol–water partition coefficient (Wildman–Crippen LogP) is 4.01. The van der Waals surface area contributed by atoms with Gasteiger partial charge in [0.2, 0.25) is 0 Å². The fourth-order valence-corrected chi connectivity index (χ4v) is 6.13. The Morgan fingerprint density at radius 3 is 2.84 bits per heavy atom. The SMILES string of the molecule is c1cc2cc(-c3cnc(OC4C5CC6CC4CN(C6)C5)s3)ccc2[nH]1. The first-order valence-corrected chi connectivity index (χ1v) is 10.1. The molecule has 2 atom stereocenters. The van der Waals surface area contributed by atoms with Gasteiger partial charge in [-0.05, 0) is 47.9 Å². The maximum Gasteiger partial charge on any atom is 0.273 e. The van der Waals surface area contributed by atoms with Gasteiger partial charge in [0.15, 0.2) is 0 Å². The number of rotatable bonds is 3. The number of nitrogens with zero attached hydrogens (tertiary/aromatic N) is 2. The molecule has 4 nitrogen and oxygen atoms in total. The lowest BCUT2D eigenvalue weighted by Crippen LogP contribution is -2.61. The molecule has 4 fully saturated rings. The van der Waals surface area contributed by atoms with Crippen molar-refractivity contribution in [3.8, 4) is 15.6 Å². The van der Waals surface area contributed by atoms with Crippen LogP contribution in [0.1, 0.15) is 12.8 Å². The first kappa shape index (κ1) is 14.3. The highest BCUT2D eigenvalue weighted by molar-refractivity contribution is 7.16. The standard InChI is InChI=1S/C20H21N3OS/c1-2-17-13(3-4-21-17)7-14(1)18-8-22-20(25-18)24-19-15-5-12-6-16(19)11-23(9-12)10-15/h1-4,7-8,12,15-16,19,21H,5-6,9-11H2. The van der Waals surface area contributed by atoms with Crippen LogP contribution in [0, 0.1) is 17.8 Å². The molecule has 128 valence electrons. The second-order valence-electron chi connectivity index (χ2n) is 7.93. The fourth-order valence-electron chi connectivity index (χ4n) is 5.33. The number of nitrogens with one attached hydrogen (secondary N) is 1. The molecular formula is C20H21N3OS. The van der Waals surface area contributed by atoms with E-state index in [2.05, 4.69) is 39.1 Å². The van der Waals surface area contributed by atoms with Gasteiger partial charge in [-0.1, -0.05) is 17.4 Å². The second kappa shape index (κ2) is 5.32. The number of H-pyrrole nitrogens is 1. The summed E-state index contributed by atoms with van der Waals surface area (Å²) in [6, 6.07) is 8.63. The minimum Gasteiger partial charge on any atom is -0.466 e. The summed E-state index contributed by atoms with van der Waals surface area (Å²) in [6.07, 6.45) is 7.02. The summed E-state index contributed by atoms with van der Waals surface area (Å²) < 4.78 is 6.44. The maximum atomic E-state index is 6.44. The highest BCUT2D eigenvalue weighted by Gasteiger charge is 2.48. The summed E-state index contributed by atoms with van der Waals surface area (Å²) in [6.45, 7) is 3.77. The van der Waals surface area contributed by atoms with Gasteiger partial charge in [-0.15, -0.1) is 0 Å². The average Bonchev–Trinajstić information content (AvgIpc) is 3.26. The van der Waals surface area contributed by atoms with Gasteiger partial charge in [-0.2, -0.15) is 0 Å². The van der Waals surface area contributed by atoms with Gasteiger partial charge >= 0.3 is 0 Å². The Morgan fingerprint density at radius 2 is 2.00 bits per heavy atom. The molecule has 1 saturated carbocycles. The molecule has 3 aromatic rings. The fraction of sp³-hybridized carbons (Fsp3) is 0.450. The van der Waals surface area contributed by atoms with Crippen molar-refractivity contribution < 1.29 is 4.74 Å². The lowest BCUT2D eigenvalue weighted by atomic mass is 9.66. The highest BCUT2D eigenvalue weighted by atomic mass is 32.1. The van der Waals surface area contributed by atoms with Gasteiger partial charge in [0, 0.05) is 49.4 Å². The molecular weight excluding hydrogens is 330 g/mol. The van der Waals surface area contributed by atoms with Crippen molar-refractivity contribution in [1.82, 2.24) is 14.9 Å². The van der Waals surface area contributed by atoms with E-state index < -0.39 is 0 Å². The Labute approximate surface area is 150 Å². The van der Waals surface area contributed by atoms with Gasteiger partial charge in [0.25, 0.3) is 5.19 Å². The maximum absolute atomic E-state index is 6.44. The molecule has 4 bridgehead atoms. The molecule has 3 aliphatic heterocycles. The quantitative estimate of drug-likeness (QED) is 0.775. The molecule has 4 aliphatic rings. The van der Waals surface area contributed by atoms with E-state index in [4.69, 9.17) is 4.74 Å². The number of fused-ring (bicyclic) bond motifs is 1. The lowest BCUT2D eigenvalue weighted by molar-refractivity contribution is -0.0985. The smallest absolute Gasteiger partial charge is 0.273 e. The molecule has 2 unspecified atom stereocenters. The van der Waals surface area contributed by atoms with Gasteiger partial charge < -0.3 is 14.6 Å². The van der Waals surface area contributed by atoms with E-state index in [0.717, 1.165) is 11.1 Å². The molecule has 3 saturated heterocycles. The third kappa shape index (κ3) is 2.33. The molecule has 0 amide bonds. The zero-order valence-corrected chi connectivity index (χ0v) is 14.8. The van der Waals surface area contributed by atoms with E-state index in [9.17, 15) is 0 Å². The minimum absolute atomic E-state index is 0.374. The Hall–Kier alpha value is -1.85. The molecule has 25 heavy (non-hydrogen) atoms. The molecule has 5 heterocycles. The van der Waals surface area contributed by atoms with Crippen LogP contribution in [0.25, 0.3) is 21.3 Å². The zero-order valence-electron chi connectivity index (χ0n) is 14.0. The molecule has 0 radical (unpaired) electrons. The zero-order chi connectivity index (χ0) is 16.4. The van der Waals surface area contributed by atoms with Crippen molar-refractivity contribution in [2.45, 2.75) is 18.9 Å². The number of ether oxygens (including phenoxy) is 1. The molecule has 5 heteroatoms. The van der Waals surface area contributed by atoms with Crippen LogP contribution in [0.5, 0.6) is 5.19 Å². The van der Waals surface area contributed by atoms with Crippen LogP contribution < -0.4 is 4.74 Å². The Kier molecular flexibility index (Phi) is 3.05. The average molecular weight is 351 g/mol. The predicted molar refractivity (Wildman–Crippen MR) is 100.0 cm³/mol. The van der Waals surface area contributed by atoms with Crippen LogP contribution >= 0.6 is 11.3 Å². The van der Waals surface area contributed by atoms with E-state index in [1.54, 1.807) is 11.3 Å². The van der Waals surface area contributed by atoms with E-state index in [1.807, 2.05) is 12.4 Å². The number of aromatic nitrogens is 2. The van der Waals surface area contributed by atoms with Crippen molar-refractivity contribution >= 4 is 22.2 Å². The summed E-state index contributed by atoms with van der Waals surface area (Å²) in [5.41, 5.74) is 2.39. The van der Waals surface area contributed by atoms with E-state index in [0.29, 0.717) is 17.9 Å². The van der Waals surface area contributed by atoms with Crippen LogP contribution in [-0.2, 0) is 0 Å². The van der Waals surface area contributed by atoms with Crippen molar-refractivity contribution in [1.29, 1.82) is 0 Å². The largest absolute Gasteiger partial charge is 0.466 e. The van der Waals surface area contributed by atoms with E-state index >= 15 is 0 Å². The third-order valence-corrected chi connectivity index (χ3v) is 7.20. The Balaban J connectivity index is 1.25. The molecule has 1 aliphatic carbocycles. The highest BCUT2D eigenvalue weighted by Crippen LogP contribution is 2.45. The van der Waals surface area contributed by atoms with Crippen molar-refractivity contribution in [3.05, 3.63) is 36.7 Å². The van der Waals surface area contributed by atoms with Crippen LogP contribution in [0.3, 0.4) is 0 Å². The Morgan fingerprint density at radius 1 is 1.12 bits per heavy atom. The molecule has 1 aromatic carbocycles. The van der Waals surface area contributed by atoms with Crippen molar-refractivity contribution in [2.24, 2.45) is 17.8 Å². The number of thiazole rings is 1. The topological polar surface area (TPSA) is 41.1 Å². The van der Waals surface area contributed by atoms with Crippen molar-refractivity contribution in [2.75, 3.05) is 19.6 Å². The summed E-state index contributed by atoms with van der Waals surface area (Å²) in [7, 11) is 0. The third-order valence-electron chi connectivity index (χ3n) is 6.26. The molecule has 1 N–H and O–H groups in total. The summed E-state index contributed by atoms with van der Waals surface area (Å²) in [5.74, 6) is 2.32. The molecule has 0 spiro atoms. The van der Waals surface area contributed by atoms with Crippen LogP contribution in [-0.4, -0.2) is 40.6 Å². The number of aromatic amines is 1. The number of hydrogen-bond donors (Lipinski definition) is 1. The summed E-state index contributed by atoms with van der Waals surface area (Å²) in [4.78, 5) is 11.7. The molecule has 2 aromatic heterocycles. The van der Waals surface area contributed by atoms with Gasteiger partial charge in [-0.25, -0.2) is 4.98 Å². The Bertz CT molecular complexity index is 902. The van der Waals surface area contributed by atoms with Gasteiger partial charge in [0.05, 0.1) is 4.88 Å². The van der Waals surface area contributed by atoms with Crippen LogP contribution in [0.15, 0.2) is 36.7 Å². The van der Waals surface area contributed by atoms with Crippen LogP contribution in [0.2, 0.25) is 0 Å². The molecule has 7 rings (SSSR count). The summed E-state index contributed by atoms with van der Waals surface area (Å²) >= 11 is 1.68. The van der Waals surface area contributed by atoms with E-state index in [1.165, 1.54) is 53.8 Å². The van der Waals surface area contributed by atoms with Gasteiger partial charge in [0.1, 0.15) is 6.10 Å². The normalized spacial score (nSPS) is 33.2. The first-order chi connectivity index (χ1) is 12.3. The van der Waals surface area contributed by atoms with Crippen molar-refractivity contribution in [3.63, 3.8) is 0 Å². The number of hydrogen-bond acceptors (Lipinski definition) is 4. The number of piperidine rings is 3. The first-order valence-electron chi connectivity index (χ1n) is 9.24. The van der Waals surface area contributed by atoms with Gasteiger partial charge in [-0.3, -0.25) is 0 Å². The van der Waals surface area contributed by atoms with E-state index in [-0.39, 0.29) is 0 Å². The minimum atomic E-state index is 0.374.